The van der Waals surface area contributed by atoms with E-state index in [-0.39, 0.29) is 5.91 Å². The lowest BCUT2D eigenvalue weighted by molar-refractivity contribution is -0.120. The van der Waals surface area contributed by atoms with Crippen LogP contribution in [0.1, 0.15) is 25.3 Å². The minimum Gasteiger partial charge on any atom is -0.493 e. The normalized spacial score (nSPS) is 11.1. The zero-order chi connectivity index (χ0) is 18.8. The van der Waals surface area contributed by atoms with Gasteiger partial charge >= 0.3 is 0 Å². The topological polar surface area (TPSA) is 59.9 Å². The molecule has 0 radical (unpaired) electrons. The maximum absolute atomic E-state index is 12.0. The average Bonchev–Trinajstić information content (AvgIpc) is 2.69. The van der Waals surface area contributed by atoms with E-state index in [1.807, 2.05) is 55.5 Å². The Hall–Kier alpha value is -2.47. The number of methoxy groups -OCH3 is 2. The lowest BCUT2D eigenvalue weighted by atomic mass is 10.1. The van der Waals surface area contributed by atoms with E-state index in [0.717, 1.165) is 16.2 Å². The Kier molecular flexibility index (Phi) is 8.02. The number of benzene rings is 2. The highest BCUT2D eigenvalue weighted by atomic mass is 32.2. The highest BCUT2D eigenvalue weighted by molar-refractivity contribution is 7.99. The van der Waals surface area contributed by atoms with Crippen molar-refractivity contribution < 1.29 is 14.3 Å². The van der Waals surface area contributed by atoms with Crippen LogP contribution in [0.5, 0.6) is 11.5 Å². The zero-order valence-electron chi connectivity index (χ0n) is 15.3. The molecule has 2 rings (SSSR count). The first-order valence-corrected chi connectivity index (χ1v) is 9.42. The molecule has 0 heterocycles. The minimum atomic E-state index is -0.0974. The second kappa shape index (κ2) is 10.5. The number of rotatable bonds is 9. The molecule has 1 amide bonds. The Morgan fingerprint density at radius 1 is 1.08 bits per heavy atom. The number of amides is 1. The van der Waals surface area contributed by atoms with Gasteiger partial charge in [-0.3, -0.25) is 4.79 Å². The molecule has 138 valence electrons. The van der Waals surface area contributed by atoms with Gasteiger partial charge in [0.1, 0.15) is 0 Å². The molecule has 0 aliphatic carbocycles. The molecule has 0 fully saturated rings. The lowest BCUT2D eigenvalue weighted by Gasteiger charge is -2.10. The van der Waals surface area contributed by atoms with Crippen molar-refractivity contribution >= 4 is 23.4 Å². The van der Waals surface area contributed by atoms with E-state index in [2.05, 4.69) is 10.5 Å². The highest BCUT2D eigenvalue weighted by Gasteiger charge is 2.09. The van der Waals surface area contributed by atoms with Gasteiger partial charge in [-0.25, -0.2) is 5.43 Å². The van der Waals surface area contributed by atoms with Gasteiger partial charge in [0.2, 0.25) is 5.91 Å². The summed E-state index contributed by atoms with van der Waals surface area (Å²) in [6.45, 7) is 1.99. The summed E-state index contributed by atoms with van der Waals surface area (Å²) in [6.07, 6.45) is 1.10. The maximum atomic E-state index is 12.0. The van der Waals surface area contributed by atoms with Crippen LogP contribution in [-0.2, 0) is 4.79 Å². The predicted octanol–water partition coefficient (Wildman–Crippen LogP) is 4.12. The van der Waals surface area contributed by atoms with Gasteiger partial charge in [-0.2, -0.15) is 5.10 Å². The second-order valence-electron chi connectivity index (χ2n) is 5.43. The van der Waals surface area contributed by atoms with Crippen LogP contribution >= 0.6 is 11.8 Å². The molecule has 0 saturated carbocycles. The molecule has 0 aliphatic rings. The summed E-state index contributed by atoms with van der Waals surface area (Å²) in [5.41, 5.74) is 4.33. The molecular weight excluding hydrogens is 348 g/mol. The number of carbonyl (C=O) groups excluding carboxylic acids is 1. The highest BCUT2D eigenvalue weighted by Crippen LogP contribution is 2.28. The largest absolute Gasteiger partial charge is 0.493 e. The molecule has 0 saturated heterocycles. The van der Waals surface area contributed by atoms with Gasteiger partial charge in [-0.15, -0.1) is 11.8 Å². The van der Waals surface area contributed by atoms with Crippen LogP contribution in [0.25, 0.3) is 0 Å². The fraction of sp³-hybridized carbons (Fsp3) is 0.300. The van der Waals surface area contributed by atoms with E-state index in [1.165, 1.54) is 0 Å². The summed E-state index contributed by atoms with van der Waals surface area (Å²) in [7, 11) is 3.19. The molecule has 5 nitrogen and oxygen atoms in total. The standard InChI is InChI=1S/C20H24N2O3S/c1-4-17(15-10-11-18(24-2)19(14-15)25-3)21-22-20(23)12-13-26-16-8-6-5-7-9-16/h5-11,14H,4,12-13H2,1-3H3,(H,22,23)/b21-17-. The van der Waals surface area contributed by atoms with Gasteiger partial charge in [0.15, 0.2) is 11.5 Å². The monoisotopic (exact) mass is 372 g/mol. The van der Waals surface area contributed by atoms with Gasteiger partial charge in [-0.1, -0.05) is 25.1 Å². The van der Waals surface area contributed by atoms with Crippen molar-refractivity contribution in [1.29, 1.82) is 0 Å². The molecule has 0 bridgehead atoms. The summed E-state index contributed by atoms with van der Waals surface area (Å²) in [5, 5.41) is 4.28. The molecular formula is C20H24N2O3S. The third-order valence-electron chi connectivity index (χ3n) is 3.71. The number of nitrogens with zero attached hydrogens (tertiary/aromatic N) is 1. The van der Waals surface area contributed by atoms with Crippen molar-refractivity contribution in [2.24, 2.45) is 5.10 Å². The smallest absolute Gasteiger partial charge is 0.240 e. The number of hydrogen-bond donors (Lipinski definition) is 1. The first-order valence-electron chi connectivity index (χ1n) is 8.43. The summed E-state index contributed by atoms with van der Waals surface area (Å²) >= 11 is 1.65. The van der Waals surface area contributed by atoms with E-state index in [4.69, 9.17) is 9.47 Å². The van der Waals surface area contributed by atoms with Crippen LogP contribution in [0.2, 0.25) is 0 Å². The zero-order valence-corrected chi connectivity index (χ0v) is 16.1. The molecule has 26 heavy (non-hydrogen) atoms. The predicted molar refractivity (Wildman–Crippen MR) is 106 cm³/mol. The lowest BCUT2D eigenvalue weighted by Crippen LogP contribution is -2.20. The number of hydrazone groups is 1. The molecule has 6 heteroatoms. The van der Waals surface area contributed by atoms with Gasteiger partial charge in [0.25, 0.3) is 0 Å². The SMILES string of the molecule is CC/C(=N/NC(=O)CCSc1ccccc1)c1ccc(OC)c(OC)c1. The van der Waals surface area contributed by atoms with Crippen molar-refractivity contribution in [1.82, 2.24) is 5.43 Å². The number of carbonyl (C=O) groups is 1. The summed E-state index contributed by atoms with van der Waals surface area (Å²) in [5.74, 6) is 1.91. The number of nitrogens with one attached hydrogen (secondary N) is 1. The van der Waals surface area contributed by atoms with Gasteiger partial charge in [0.05, 0.1) is 19.9 Å². The first kappa shape index (κ1) is 19.8. The number of thioether (sulfide) groups is 1. The van der Waals surface area contributed by atoms with Crippen molar-refractivity contribution in [3.05, 3.63) is 54.1 Å². The van der Waals surface area contributed by atoms with Crippen LogP contribution in [0.15, 0.2) is 58.5 Å². The molecule has 0 unspecified atom stereocenters. The van der Waals surface area contributed by atoms with Crippen molar-refractivity contribution in [2.45, 2.75) is 24.7 Å². The fourth-order valence-electron chi connectivity index (χ4n) is 2.33. The first-order chi connectivity index (χ1) is 12.7. The Morgan fingerprint density at radius 3 is 2.46 bits per heavy atom. The Bertz CT molecular complexity index is 748. The van der Waals surface area contributed by atoms with E-state index in [9.17, 15) is 4.79 Å². The van der Waals surface area contributed by atoms with E-state index < -0.39 is 0 Å². The quantitative estimate of drug-likeness (QED) is 0.409. The minimum absolute atomic E-state index is 0.0974. The molecule has 0 aromatic heterocycles. The van der Waals surface area contributed by atoms with Crippen LogP contribution in [0.4, 0.5) is 0 Å². The molecule has 2 aromatic carbocycles. The van der Waals surface area contributed by atoms with Crippen molar-refractivity contribution in [2.75, 3.05) is 20.0 Å². The number of ether oxygens (including phenoxy) is 2. The van der Waals surface area contributed by atoms with Crippen molar-refractivity contribution in [3.8, 4) is 11.5 Å². The number of hydrogen-bond acceptors (Lipinski definition) is 5. The molecule has 1 N–H and O–H groups in total. The van der Waals surface area contributed by atoms with Crippen LogP contribution < -0.4 is 14.9 Å². The average molecular weight is 372 g/mol. The Labute approximate surface area is 158 Å². The van der Waals surface area contributed by atoms with E-state index in [1.54, 1.807) is 26.0 Å². The van der Waals surface area contributed by atoms with Crippen LogP contribution in [0, 0.1) is 0 Å². The van der Waals surface area contributed by atoms with Gasteiger partial charge in [0, 0.05) is 22.6 Å². The summed E-state index contributed by atoms with van der Waals surface area (Å²) in [6, 6.07) is 15.6. The van der Waals surface area contributed by atoms with E-state index >= 15 is 0 Å². The molecule has 0 spiro atoms. The maximum Gasteiger partial charge on any atom is 0.240 e. The second-order valence-corrected chi connectivity index (χ2v) is 6.60. The summed E-state index contributed by atoms with van der Waals surface area (Å²) in [4.78, 5) is 13.2. The van der Waals surface area contributed by atoms with Crippen LogP contribution in [0.3, 0.4) is 0 Å². The van der Waals surface area contributed by atoms with Gasteiger partial charge < -0.3 is 9.47 Å². The van der Waals surface area contributed by atoms with Crippen LogP contribution in [-0.4, -0.2) is 31.6 Å². The molecule has 0 atom stereocenters. The fourth-order valence-corrected chi connectivity index (χ4v) is 3.20. The third kappa shape index (κ3) is 5.81. The third-order valence-corrected chi connectivity index (χ3v) is 4.72. The van der Waals surface area contributed by atoms with E-state index in [0.29, 0.717) is 30.1 Å². The summed E-state index contributed by atoms with van der Waals surface area (Å²) < 4.78 is 10.6. The molecule has 2 aromatic rings. The Balaban J connectivity index is 1.92. The Morgan fingerprint density at radius 2 is 1.81 bits per heavy atom. The van der Waals surface area contributed by atoms with Crippen molar-refractivity contribution in [3.63, 3.8) is 0 Å². The van der Waals surface area contributed by atoms with Gasteiger partial charge in [-0.05, 0) is 36.8 Å². The molecule has 0 aliphatic heterocycles.